The van der Waals surface area contributed by atoms with Gasteiger partial charge in [0.05, 0.1) is 0 Å². The molecular weight excluding hydrogens is 270 g/mol. The van der Waals surface area contributed by atoms with E-state index in [0.29, 0.717) is 0 Å². The molecule has 0 spiro atoms. The predicted molar refractivity (Wildman–Crippen MR) is 100 cm³/mol. The third kappa shape index (κ3) is 11.7. The molecule has 0 aliphatic heterocycles. The van der Waals surface area contributed by atoms with Crippen molar-refractivity contribution in [1.29, 1.82) is 0 Å². The van der Waals surface area contributed by atoms with E-state index in [1.165, 1.54) is 56.7 Å². The fourth-order valence-electron chi connectivity index (χ4n) is 2.53. The van der Waals surface area contributed by atoms with Gasteiger partial charge in [-0.05, 0) is 58.8 Å². The Kier molecular flexibility index (Phi) is 14.4. The van der Waals surface area contributed by atoms with Gasteiger partial charge in [-0.2, -0.15) is 0 Å². The van der Waals surface area contributed by atoms with Crippen LogP contribution >= 0.6 is 0 Å². The first-order valence-electron chi connectivity index (χ1n) is 8.70. The van der Waals surface area contributed by atoms with Crippen LogP contribution in [-0.2, 0) is 0 Å². The van der Waals surface area contributed by atoms with Gasteiger partial charge >= 0.3 is 0 Å². The fourth-order valence-corrected chi connectivity index (χ4v) is 2.53. The minimum atomic E-state index is 0.782. The fraction of sp³-hybridized carbons (Fsp3) is 0.684. The minimum Gasteiger partial charge on any atom is -0.333 e. The number of allylic oxidation sites excluding steroid dienone is 3. The van der Waals surface area contributed by atoms with Gasteiger partial charge in [-0.25, -0.2) is 0 Å². The summed E-state index contributed by atoms with van der Waals surface area (Å²) in [6.45, 7) is 11.2. The van der Waals surface area contributed by atoms with Crippen molar-refractivity contribution in [2.75, 3.05) is 26.7 Å². The minimum absolute atomic E-state index is 0.782. The quantitative estimate of drug-likeness (QED) is 0.451. The molecule has 0 heterocycles. The molecule has 1 fully saturated rings. The lowest BCUT2D eigenvalue weighted by atomic mass is 9.95. The van der Waals surface area contributed by atoms with Gasteiger partial charge in [0.25, 0.3) is 0 Å². The van der Waals surface area contributed by atoms with Crippen molar-refractivity contribution in [3.8, 4) is 0 Å². The second kappa shape index (κ2) is 15.0. The van der Waals surface area contributed by atoms with Crippen LogP contribution in [0.2, 0.25) is 0 Å². The molecule has 0 amide bonds. The van der Waals surface area contributed by atoms with E-state index in [2.05, 4.69) is 48.9 Å². The Bertz CT molecular complexity index is 322. The lowest BCUT2D eigenvalue weighted by molar-refractivity contribution is 0.371. The van der Waals surface area contributed by atoms with Crippen LogP contribution in [0.5, 0.6) is 0 Å². The van der Waals surface area contributed by atoms with Gasteiger partial charge < -0.3 is 16.4 Å². The summed E-state index contributed by atoms with van der Waals surface area (Å²) in [7, 11) is 1.50. The van der Waals surface area contributed by atoms with Crippen molar-refractivity contribution in [1.82, 2.24) is 10.6 Å². The maximum Gasteiger partial charge on any atom is 0.0205 e. The molecule has 0 aromatic rings. The van der Waals surface area contributed by atoms with Crippen LogP contribution in [0.25, 0.3) is 0 Å². The molecule has 0 unspecified atom stereocenters. The van der Waals surface area contributed by atoms with Gasteiger partial charge in [-0.15, -0.1) is 0 Å². The highest BCUT2D eigenvalue weighted by atomic mass is 14.9. The van der Waals surface area contributed by atoms with Crippen LogP contribution in [-0.4, -0.2) is 32.7 Å². The molecule has 4 N–H and O–H groups in total. The number of rotatable bonds is 9. The van der Waals surface area contributed by atoms with E-state index in [1.807, 2.05) is 6.08 Å². The third-order valence-electron chi connectivity index (χ3n) is 3.79. The zero-order valence-corrected chi connectivity index (χ0v) is 15.0. The van der Waals surface area contributed by atoms with Crippen molar-refractivity contribution >= 4 is 0 Å². The van der Waals surface area contributed by atoms with Crippen LogP contribution in [0.3, 0.4) is 0 Å². The van der Waals surface area contributed by atoms with E-state index in [-0.39, 0.29) is 0 Å². The molecule has 0 radical (unpaired) electrons. The first kappa shape index (κ1) is 21.1. The summed E-state index contributed by atoms with van der Waals surface area (Å²) in [5.41, 5.74) is 7.08. The molecular formula is C19H37N3. The summed E-state index contributed by atoms with van der Waals surface area (Å²) in [5, 5.41) is 7.17. The van der Waals surface area contributed by atoms with E-state index in [9.17, 15) is 0 Å². The Hall–Kier alpha value is -0.900. The predicted octanol–water partition coefficient (Wildman–Crippen LogP) is 3.54. The average molecular weight is 308 g/mol. The summed E-state index contributed by atoms with van der Waals surface area (Å²) in [6.07, 6.45) is 14.4. The summed E-state index contributed by atoms with van der Waals surface area (Å²) >= 11 is 0. The molecule has 1 saturated carbocycles. The molecule has 128 valence electrons. The van der Waals surface area contributed by atoms with E-state index < -0.39 is 0 Å². The van der Waals surface area contributed by atoms with E-state index in [4.69, 9.17) is 0 Å². The van der Waals surface area contributed by atoms with Crippen molar-refractivity contribution in [3.63, 3.8) is 0 Å². The van der Waals surface area contributed by atoms with Crippen LogP contribution in [0.4, 0.5) is 0 Å². The summed E-state index contributed by atoms with van der Waals surface area (Å²) in [4.78, 5) is 0. The van der Waals surface area contributed by atoms with Crippen LogP contribution < -0.4 is 16.4 Å². The molecule has 3 nitrogen and oxygen atoms in total. The molecule has 1 aliphatic rings. The highest BCUT2D eigenvalue weighted by Crippen LogP contribution is 2.17. The molecule has 1 aliphatic carbocycles. The highest BCUT2D eigenvalue weighted by Gasteiger charge is 2.11. The third-order valence-corrected chi connectivity index (χ3v) is 3.79. The molecule has 0 aromatic carbocycles. The van der Waals surface area contributed by atoms with Gasteiger partial charge in [-0.1, -0.05) is 49.6 Å². The van der Waals surface area contributed by atoms with Gasteiger partial charge in [0.1, 0.15) is 0 Å². The molecule has 22 heavy (non-hydrogen) atoms. The monoisotopic (exact) mass is 307 g/mol. The smallest absolute Gasteiger partial charge is 0.0205 e. The van der Waals surface area contributed by atoms with Gasteiger partial charge in [-0.3, -0.25) is 0 Å². The molecule has 3 heteroatoms. The number of nitrogens with one attached hydrogen (secondary N) is 2. The van der Waals surface area contributed by atoms with Crippen molar-refractivity contribution in [2.24, 2.45) is 5.73 Å². The normalized spacial score (nSPS) is 15.7. The number of nitrogens with two attached hydrogens (primary N) is 1. The van der Waals surface area contributed by atoms with Crippen LogP contribution in [0.15, 0.2) is 36.0 Å². The topological polar surface area (TPSA) is 50.1 Å². The largest absolute Gasteiger partial charge is 0.333 e. The van der Waals surface area contributed by atoms with Crippen molar-refractivity contribution < 1.29 is 0 Å². The van der Waals surface area contributed by atoms with Crippen LogP contribution in [0, 0.1) is 0 Å². The molecule has 0 aromatic heterocycles. The standard InChI is InChI=1S/C18H32N2.CH5N/c1-4-17(12-11-16(2)3)15-19-13-8-14-20-18-9-6-5-7-10-18;1-2/h4,11-12,18-20H,1,5-10,13-15H2,2-3H3;2H2,1H3/b17-12+;. The second-order valence-corrected chi connectivity index (χ2v) is 6.01. The SMILES string of the molecule is C=C/C(=C\C=C(C)C)CNCCCNC1CCCCC1.CN. The van der Waals surface area contributed by atoms with Crippen LogP contribution in [0.1, 0.15) is 52.4 Å². The Labute approximate surface area is 138 Å². The average Bonchev–Trinajstić information content (AvgIpc) is 2.56. The number of hydrogen-bond acceptors (Lipinski definition) is 3. The van der Waals surface area contributed by atoms with E-state index in [0.717, 1.165) is 25.7 Å². The zero-order chi connectivity index (χ0) is 16.6. The highest BCUT2D eigenvalue weighted by molar-refractivity contribution is 5.24. The Morgan fingerprint density at radius 3 is 2.36 bits per heavy atom. The van der Waals surface area contributed by atoms with E-state index in [1.54, 1.807) is 0 Å². The first-order valence-corrected chi connectivity index (χ1v) is 8.70. The van der Waals surface area contributed by atoms with E-state index >= 15 is 0 Å². The zero-order valence-electron chi connectivity index (χ0n) is 15.0. The first-order chi connectivity index (χ1) is 10.7. The lowest BCUT2D eigenvalue weighted by Gasteiger charge is -2.22. The summed E-state index contributed by atoms with van der Waals surface area (Å²) in [6, 6.07) is 0.782. The van der Waals surface area contributed by atoms with Crippen molar-refractivity contribution in [2.45, 2.75) is 58.4 Å². The Morgan fingerprint density at radius 1 is 1.09 bits per heavy atom. The van der Waals surface area contributed by atoms with Gasteiger partial charge in [0.2, 0.25) is 0 Å². The Balaban J connectivity index is 0.00000211. The molecule has 0 atom stereocenters. The number of hydrogen-bond donors (Lipinski definition) is 3. The molecule has 0 saturated heterocycles. The molecule has 0 bridgehead atoms. The van der Waals surface area contributed by atoms with Gasteiger partial charge in [0, 0.05) is 12.6 Å². The maximum atomic E-state index is 4.50. The molecule has 1 rings (SSSR count). The van der Waals surface area contributed by atoms with Crippen molar-refractivity contribution in [3.05, 3.63) is 36.0 Å². The lowest BCUT2D eigenvalue weighted by Crippen LogP contribution is -2.33. The van der Waals surface area contributed by atoms with Gasteiger partial charge in [0.15, 0.2) is 0 Å². The second-order valence-electron chi connectivity index (χ2n) is 6.01. The maximum absolute atomic E-state index is 4.50. The summed E-state index contributed by atoms with van der Waals surface area (Å²) in [5.74, 6) is 0. The Morgan fingerprint density at radius 2 is 1.77 bits per heavy atom. The summed E-state index contributed by atoms with van der Waals surface area (Å²) < 4.78 is 0.